The highest BCUT2D eigenvalue weighted by Gasteiger charge is 2.09. The zero-order valence-corrected chi connectivity index (χ0v) is 14.9. The van der Waals surface area contributed by atoms with Gasteiger partial charge in [-0.25, -0.2) is 0 Å². The van der Waals surface area contributed by atoms with E-state index in [2.05, 4.69) is 5.32 Å². The largest absolute Gasteiger partial charge is 0.496 e. The molecule has 0 spiro atoms. The second kappa shape index (κ2) is 7.88. The summed E-state index contributed by atoms with van der Waals surface area (Å²) in [6, 6.07) is 9.24. The third-order valence-corrected chi connectivity index (χ3v) is 3.95. The van der Waals surface area contributed by atoms with Crippen LogP contribution in [0.15, 0.2) is 36.4 Å². The van der Waals surface area contributed by atoms with Gasteiger partial charge in [-0.1, -0.05) is 23.2 Å². The summed E-state index contributed by atoms with van der Waals surface area (Å²) >= 11 is 6.07. The Morgan fingerprint density at radius 2 is 1.79 bits per heavy atom. The zero-order valence-electron chi connectivity index (χ0n) is 14.1. The molecule has 0 saturated carbocycles. The van der Waals surface area contributed by atoms with E-state index in [-0.39, 0.29) is 5.91 Å². The van der Waals surface area contributed by atoms with E-state index in [1.165, 1.54) is 13.2 Å². The van der Waals surface area contributed by atoms with Gasteiger partial charge < -0.3 is 14.8 Å². The van der Waals surface area contributed by atoms with Gasteiger partial charge in [-0.05, 0) is 43.7 Å². The molecular weight excluding hydrogens is 326 g/mol. The van der Waals surface area contributed by atoms with Gasteiger partial charge in [0.2, 0.25) is 5.91 Å². The van der Waals surface area contributed by atoms with Crippen LogP contribution in [-0.4, -0.2) is 20.1 Å². The molecule has 1 amide bonds. The van der Waals surface area contributed by atoms with Crippen molar-refractivity contribution in [1.82, 2.24) is 0 Å². The molecule has 1 N–H and O–H groups in total. The van der Waals surface area contributed by atoms with Crippen molar-refractivity contribution in [3.8, 4) is 11.5 Å². The number of amides is 1. The zero-order chi connectivity index (χ0) is 17.7. The fraction of sp³-hybridized carbons (Fsp3) is 0.211. The fourth-order valence-electron chi connectivity index (χ4n) is 2.25. The molecule has 5 heteroatoms. The quantitative estimate of drug-likeness (QED) is 0.804. The van der Waals surface area contributed by atoms with E-state index in [0.717, 1.165) is 16.7 Å². The number of nitrogens with one attached hydrogen (secondary N) is 1. The van der Waals surface area contributed by atoms with Crippen molar-refractivity contribution in [2.24, 2.45) is 0 Å². The highest BCUT2D eigenvalue weighted by atomic mass is 35.5. The van der Waals surface area contributed by atoms with Crippen molar-refractivity contribution >= 4 is 29.3 Å². The number of ether oxygens (including phenoxy) is 2. The number of carbonyl (C=O) groups excluding carboxylic acids is 1. The van der Waals surface area contributed by atoms with Crippen LogP contribution in [0.1, 0.15) is 16.7 Å². The van der Waals surface area contributed by atoms with E-state index >= 15 is 0 Å². The number of rotatable bonds is 5. The maximum Gasteiger partial charge on any atom is 0.248 e. The smallest absolute Gasteiger partial charge is 0.248 e. The van der Waals surface area contributed by atoms with Gasteiger partial charge in [0.05, 0.1) is 19.9 Å². The van der Waals surface area contributed by atoms with E-state index < -0.39 is 0 Å². The molecule has 0 aliphatic heterocycles. The van der Waals surface area contributed by atoms with Crippen LogP contribution < -0.4 is 14.8 Å². The molecule has 0 aromatic heterocycles. The van der Waals surface area contributed by atoms with Crippen LogP contribution in [0, 0.1) is 13.8 Å². The summed E-state index contributed by atoms with van der Waals surface area (Å²) in [5.41, 5.74) is 3.36. The first-order chi connectivity index (χ1) is 11.4. The minimum Gasteiger partial charge on any atom is -0.496 e. The number of aryl methyl sites for hydroxylation is 2. The minimum atomic E-state index is -0.265. The lowest BCUT2D eigenvalue weighted by Crippen LogP contribution is -2.09. The Balaban J connectivity index is 2.20. The third kappa shape index (κ3) is 4.30. The molecule has 0 unspecified atom stereocenters. The lowest BCUT2D eigenvalue weighted by Gasteiger charge is -2.11. The van der Waals surface area contributed by atoms with Gasteiger partial charge in [-0.3, -0.25) is 4.79 Å². The Hall–Kier alpha value is -2.46. The van der Waals surface area contributed by atoms with Crippen LogP contribution in [0.4, 0.5) is 5.69 Å². The average molecular weight is 346 g/mol. The lowest BCUT2D eigenvalue weighted by molar-refractivity contribution is -0.111. The molecule has 4 nitrogen and oxygen atoms in total. The monoisotopic (exact) mass is 345 g/mol. The molecule has 0 heterocycles. The Labute approximate surface area is 147 Å². The van der Waals surface area contributed by atoms with Crippen molar-refractivity contribution in [2.75, 3.05) is 19.5 Å². The van der Waals surface area contributed by atoms with Crippen molar-refractivity contribution in [2.45, 2.75) is 13.8 Å². The fourth-order valence-corrected chi connectivity index (χ4v) is 2.41. The maximum atomic E-state index is 12.2. The van der Waals surface area contributed by atoms with Gasteiger partial charge in [0.15, 0.2) is 0 Å². The number of carbonyl (C=O) groups is 1. The van der Waals surface area contributed by atoms with Crippen molar-refractivity contribution < 1.29 is 14.3 Å². The van der Waals surface area contributed by atoms with Crippen LogP contribution in [0.2, 0.25) is 5.02 Å². The van der Waals surface area contributed by atoms with Crippen molar-refractivity contribution in [3.05, 3.63) is 58.1 Å². The Morgan fingerprint density at radius 1 is 1.08 bits per heavy atom. The molecule has 0 aliphatic rings. The van der Waals surface area contributed by atoms with Gasteiger partial charge in [0.25, 0.3) is 0 Å². The molecule has 0 bridgehead atoms. The van der Waals surface area contributed by atoms with Gasteiger partial charge in [-0.2, -0.15) is 0 Å². The predicted molar refractivity (Wildman–Crippen MR) is 98.1 cm³/mol. The first-order valence-corrected chi connectivity index (χ1v) is 7.80. The maximum absolute atomic E-state index is 12.2. The highest BCUT2D eigenvalue weighted by molar-refractivity contribution is 6.31. The SMILES string of the molecule is COc1ccc(C)cc1/C=C/C(=O)Nc1cc(C)c(Cl)cc1OC. The average Bonchev–Trinajstić information content (AvgIpc) is 2.56. The second-order valence-electron chi connectivity index (χ2n) is 5.37. The summed E-state index contributed by atoms with van der Waals surface area (Å²) in [6.45, 7) is 3.85. The van der Waals surface area contributed by atoms with Gasteiger partial charge in [0, 0.05) is 22.7 Å². The lowest BCUT2D eigenvalue weighted by atomic mass is 10.1. The molecule has 0 atom stereocenters. The molecule has 2 rings (SSSR count). The first kappa shape index (κ1) is 17.9. The number of benzene rings is 2. The normalized spacial score (nSPS) is 10.7. The van der Waals surface area contributed by atoms with Crippen LogP contribution in [0.3, 0.4) is 0 Å². The molecular formula is C19H20ClNO3. The summed E-state index contributed by atoms with van der Waals surface area (Å²) in [7, 11) is 3.13. The van der Waals surface area contributed by atoms with Crippen LogP contribution in [-0.2, 0) is 4.79 Å². The molecule has 0 saturated heterocycles. The van der Waals surface area contributed by atoms with Crippen molar-refractivity contribution in [3.63, 3.8) is 0 Å². The summed E-state index contributed by atoms with van der Waals surface area (Å²) in [5.74, 6) is 0.962. The molecule has 2 aromatic rings. The standard InChI is InChI=1S/C19H20ClNO3/c1-12-5-7-17(23-3)14(9-12)6-8-19(22)21-16-10-13(2)15(20)11-18(16)24-4/h5-11H,1-4H3,(H,21,22)/b8-6+. The van der Waals surface area contributed by atoms with Gasteiger partial charge in [-0.15, -0.1) is 0 Å². The van der Waals surface area contributed by atoms with Crippen LogP contribution >= 0.6 is 11.6 Å². The Morgan fingerprint density at radius 3 is 2.46 bits per heavy atom. The van der Waals surface area contributed by atoms with Crippen molar-refractivity contribution in [1.29, 1.82) is 0 Å². The van der Waals surface area contributed by atoms with E-state index in [9.17, 15) is 4.79 Å². The Kier molecular flexibility index (Phi) is 5.88. The van der Waals surface area contributed by atoms with E-state index in [0.29, 0.717) is 22.2 Å². The number of anilines is 1. The molecule has 126 valence electrons. The van der Waals surface area contributed by atoms with E-state index in [1.807, 2.05) is 32.0 Å². The Bertz CT molecular complexity index is 784. The minimum absolute atomic E-state index is 0.265. The summed E-state index contributed by atoms with van der Waals surface area (Å²) < 4.78 is 10.6. The topological polar surface area (TPSA) is 47.6 Å². The number of methoxy groups -OCH3 is 2. The van der Waals surface area contributed by atoms with Gasteiger partial charge >= 0.3 is 0 Å². The molecule has 0 fully saturated rings. The molecule has 0 radical (unpaired) electrons. The van der Waals surface area contributed by atoms with Gasteiger partial charge in [0.1, 0.15) is 11.5 Å². The molecule has 24 heavy (non-hydrogen) atoms. The first-order valence-electron chi connectivity index (χ1n) is 7.42. The second-order valence-corrected chi connectivity index (χ2v) is 5.78. The summed E-state index contributed by atoms with van der Waals surface area (Å²) in [6.07, 6.45) is 3.18. The number of halogens is 1. The summed E-state index contributed by atoms with van der Waals surface area (Å²) in [5, 5.41) is 3.39. The highest BCUT2D eigenvalue weighted by Crippen LogP contribution is 2.31. The predicted octanol–water partition coefficient (Wildman–Crippen LogP) is 4.63. The van der Waals surface area contributed by atoms with Crippen LogP contribution in [0.25, 0.3) is 6.08 Å². The number of hydrogen-bond acceptors (Lipinski definition) is 3. The molecule has 0 aliphatic carbocycles. The molecule has 2 aromatic carbocycles. The van der Waals surface area contributed by atoms with E-state index in [1.54, 1.807) is 25.3 Å². The van der Waals surface area contributed by atoms with Crippen LogP contribution in [0.5, 0.6) is 11.5 Å². The number of hydrogen-bond donors (Lipinski definition) is 1. The van der Waals surface area contributed by atoms with E-state index in [4.69, 9.17) is 21.1 Å². The third-order valence-electron chi connectivity index (χ3n) is 3.54. The summed E-state index contributed by atoms with van der Waals surface area (Å²) in [4.78, 5) is 12.2.